The molecule has 1 aliphatic heterocycles. The van der Waals surface area contributed by atoms with Crippen LogP contribution in [0.4, 0.5) is 17.1 Å². The number of carbonyl (C=O) groups is 2. The number of amides is 1. The average Bonchev–Trinajstić information content (AvgIpc) is 2.91. The van der Waals surface area contributed by atoms with Crippen molar-refractivity contribution in [2.24, 2.45) is 0 Å². The zero-order valence-electron chi connectivity index (χ0n) is 20.8. The van der Waals surface area contributed by atoms with Crippen molar-refractivity contribution in [1.29, 1.82) is 0 Å². The van der Waals surface area contributed by atoms with E-state index in [9.17, 15) is 24.3 Å². The Morgan fingerprint density at radius 1 is 1.00 bits per heavy atom. The van der Waals surface area contributed by atoms with E-state index in [0.717, 1.165) is 6.54 Å². The molecule has 206 valence electrons. The van der Waals surface area contributed by atoms with Gasteiger partial charge in [0.25, 0.3) is 16.8 Å². The maximum absolute atomic E-state index is 12.6. The summed E-state index contributed by atoms with van der Waals surface area (Å²) in [5.41, 5.74) is 0.130. The van der Waals surface area contributed by atoms with Gasteiger partial charge < -0.3 is 25.7 Å². The Balaban J connectivity index is 1.48. The van der Waals surface area contributed by atoms with Gasteiger partial charge in [-0.25, -0.2) is 0 Å². The van der Waals surface area contributed by atoms with Crippen LogP contribution in [0.2, 0.25) is 10.0 Å². The predicted octanol–water partition coefficient (Wildman–Crippen LogP) is 2.37. The summed E-state index contributed by atoms with van der Waals surface area (Å²) in [5, 5.41) is 24.4. The molecule has 2 aromatic carbocycles. The van der Waals surface area contributed by atoms with Gasteiger partial charge in [0, 0.05) is 57.4 Å². The van der Waals surface area contributed by atoms with Crippen LogP contribution in [-0.4, -0.2) is 71.3 Å². The predicted molar refractivity (Wildman–Crippen MR) is 149 cm³/mol. The summed E-state index contributed by atoms with van der Waals surface area (Å²) >= 11 is 12.1. The van der Waals surface area contributed by atoms with Crippen LogP contribution < -0.4 is 26.4 Å². The van der Waals surface area contributed by atoms with Gasteiger partial charge in [0.1, 0.15) is 11.4 Å². The van der Waals surface area contributed by atoms with Crippen LogP contribution >= 0.6 is 23.2 Å². The number of hydrogen-bond donors (Lipinski definition) is 4. The number of piperazine rings is 1. The summed E-state index contributed by atoms with van der Waals surface area (Å²) in [6.45, 7) is 3.29. The molecular weight excluding hydrogens is 549 g/mol. The first-order valence-electron chi connectivity index (χ1n) is 12.3. The molecule has 0 saturated carbocycles. The number of aliphatic carboxylic acids is 1. The third kappa shape index (κ3) is 6.56. The van der Waals surface area contributed by atoms with Crippen molar-refractivity contribution in [2.75, 3.05) is 54.9 Å². The van der Waals surface area contributed by atoms with Gasteiger partial charge >= 0.3 is 5.97 Å². The van der Waals surface area contributed by atoms with E-state index in [2.05, 4.69) is 20.5 Å². The summed E-state index contributed by atoms with van der Waals surface area (Å²) in [5.74, 6) is -1.63. The molecule has 1 fully saturated rings. The first-order chi connectivity index (χ1) is 18.7. The Bertz CT molecular complexity index is 1400. The number of pyridine rings is 1. The second kappa shape index (κ2) is 12.6. The largest absolute Gasteiger partial charge is 0.481 e. The topological polar surface area (TPSA) is 152 Å². The third-order valence-electron chi connectivity index (χ3n) is 6.55. The lowest BCUT2D eigenvalue weighted by atomic mass is 10.0. The number of hydrogen-bond acceptors (Lipinski definition) is 9. The third-order valence-corrected chi connectivity index (χ3v) is 7.13. The molecule has 39 heavy (non-hydrogen) atoms. The number of nitrogens with one attached hydrogen (secondary N) is 2. The molecule has 3 aromatic rings. The van der Waals surface area contributed by atoms with E-state index in [1.165, 1.54) is 12.4 Å². The number of halogens is 2. The molecule has 4 rings (SSSR count). The summed E-state index contributed by atoms with van der Waals surface area (Å²) in [6.07, 6.45) is 2.93. The summed E-state index contributed by atoms with van der Waals surface area (Å²) in [4.78, 5) is 57.1. The van der Waals surface area contributed by atoms with Crippen molar-refractivity contribution in [1.82, 2.24) is 9.88 Å². The Morgan fingerprint density at radius 2 is 1.64 bits per heavy atom. The lowest BCUT2D eigenvalue weighted by molar-refractivity contribution is -0.137. The van der Waals surface area contributed by atoms with Crippen LogP contribution in [-0.2, 0) is 4.79 Å². The normalized spacial score (nSPS) is 14.8. The number of aliphatic hydroxyl groups is 1. The van der Waals surface area contributed by atoms with Gasteiger partial charge in [-0.15, -0.1) is 0 Å². The van der Waals surface area contributed by atoms with E-state index in [1.54, 1.807) is 24.3 Å². The first-order valence-corrected chi connectivity index (χ1v) is 13.0. The van der Waals surface area contributed by atoms with Gasteiger partial charge in [-0.2, -0.15) is 0 Å². The summed E-state index contributed by atoms with van der Waals surface area (Å²) in [6, 6.07) is 5.61. The molecule has 1 atom stereocenters. The second-order valence-corrected chi connectivity index (χ2v) is 9.95. The number of aromatic nitrogens is 1. The quantitative estimate of drug-likeness (QED) is 0.251. The highest BCUT2D eigenvalue weighted by Crippen LogP contribution is 2.29. The zero-order chi connectivity index (χ0) is 28.1. The summed E-state index contributed by atoms with van der Waals surface area (Å²) < 4.78 is 0. The maximum atomic E-state index is 12.6. The minimum atomic E-state index is -1.09. The molecule has 13 heteroatoms. The van der Waals surface area contributed by atoms with Crippen molar-refractivity contribution in [3.63, 3.8) is 0 Å². The molecule has 1 aliphatic rings. The van der Waals surface area contributed by atoms with Crippen LogP contribution in [0.15, 0.2) is 46.2 Å². The molecule has 2 heterocycles. The Labute approximate surface area is 233 Å². The molecule has 0 unspecified atom stereocenters. The molecule has 1 saturated heterocycles. The van der Waals surface area contributed by atoms with E-state index < -0.39 is 28.8 Å². The number of rotatable bonds is 11. The van der Waals surface area contributed by atoms with Gasteiger partial charge in [-0.05, 0) is 24.1 Å². The van der Waals surface area contributed by atoms with Crippen molar-refractivity contribution in [2.45, 2.75) is 18.9 Å². The number of nitrogens with zero attached hydrogens (tertiary/aromatic N) is 3. The minimum absolute atomic E-state index is 0.0738. The maximum Gasteiger partial charge on any atom is 0.305 e. The van der Waals surface area contributed by atoms with Gasteiger partial charge in [-0.1, -0.05) is 35.3 Å². The van der Waals surface area contributed by atoms with E-state index >= 15 is 0 Å². The van der Waals surface area contributed by atoms with Crippen molar-refractivity contribution in [3.05, 3.63) is 78.3 Å². The van der Waals surface area contributed by atoms with Crippen LogP contribution in [0.5, 0.6) is 0 Å². The SMILES string of the molecule is O=C(O)C[C@H](Nc1c(N2CCN(CCCO)CC2)c(=O)c1=O)c1ccc(NC(=O)c2c(Cl)cncc2Cl)cc1. The molecule has 0 bridgehead atoms. The number of anilines is 3. The first kappa shape index (κ1) is 28.5. The molecule has 1 aromatic heterocycles. The highest BCUT2D eigenvalue weighted by molar-refractivity contribution is 6.40. The van der Waals surface area contributed by atoms with Gasteiger partial charge in [-0.3, -0.25) is 29.1 Å². The fourth-order valence-electron chi connectivity index (χ4n) is 4.53. The fraction of sp³-hybridized carbons (Fsp3) is 0.346. The molecule has 11 nitrogen and oxygen atoms in total. The fourth-order valence-corrected chi connectivity index (χ4v) is 5.06. The summed E-state index contributed by atoms with van der Waals surface area (Å²) in [7, 11) is 0. The highest BCUT2D eigenvalue weighted by Gasteiger charge is 2.30. The Kier molecular flexibility index (Phi) is 9.18. The second-order valence-electron chi connectivity index (χ2n) is 9.14. The number of benzene rings is 1. The number of carbonyl (C=O) groups excluding carboxylic acids is 1. The van der Waals surface area contributed by atoms with Gasteiger partial charge in [0.15, 0.2) is 0 Å². The smallest absolute Gasteiger partial charge is 0.305 e. The average molecular weight is 576 g/mol. The standard InChI is InChI=1S/C26H27Cl2N5O6/c27-17-13-29-14-18(28)21(17)26(39)30-16-4-2-15(3-5-16)19(12-20(35)36)31-22-23(25(38)24(22)37)33-9-7-32(8-10-33)6-1-11-34/h2-5,13-14,19,31,34H,1,6-12H2,(H,30,39)(H,35,36)/t19-/m0/s1. The van der Waals surface area contributed by atoms with Crippen LogP contribution in [0.25, 0.3) is 0 Å². The van der Waals surface area contributed by atoms with Crippen LogP contribution in [0.1, 0.15) is 34.8 Å². The van der Waals surface area contributed by atoms with E-state index in [1.807, 2.05) is 4.90 Å². The van der Waals surface area contributed by atoms with Crippen LogP contribution in [0, 0.1) is 0 Å². The van der Waals surface area contributed by atoms with Crippen LogP contribution in [0.3, 0.4) is 0 Å². The van der Waals surface area contributed by atoms with E-state index in [0.29, 0.717) is 43.9 Å². The Hall–Kier alpha value is -3.51. The molecule has 0 spiro atoms. The molecule has 4 N–H and O–H groups in total. The molecule has 0 aliphatic carbocycles. The van der Waals surface area contributed by atoms with E-state index in [-0.39, 0.29) is 40.0 Å². The molecular formula is C26H27Cl2N5O6. The Morgan fingerprint density at radius 3 is 2.23 bits per heavy atom. The number of aliphatic hydroxyl groups excluding tert-OH is 1. The minimum Gasteiger partial charge on any atom is -0.481 e. The highest BCUT2D eigenvalue weighted by atomic mass is 35.5. The van der Waals surface area contributed by atoms with Crippen molar-refractivity contribution < 1.29 is 19.8 Å². The molecule has 0 radical (unpaired) electrons. The van der Waals surface area contributed by atoms with Gasteiger partial charge in [0.2, 0.25) is 0 Å². The lowest BCUT2D eigenvalue weighted by Crippen LogP contribution is -2.51. The lowest BCUT2D eigenvalue weighted by Gasteiger charge is -2.37. The monoisotopic (exact) mass is 575 g/mol. The zero-order valence-corrected chi connectivity index (χ0v) is 22.3. The van der Waals surface area contributed by atoms with Crippen molar-refractivity contribution >= 4 is 52.1 Å². The van der Waals surface area contributed by atoms with Crippen molar-refractivity contribution in [3.8, 4) is 0 Å². The molecule has 1 amide bonds. The number of carboxylic acids is 1. The number of carboxylic acid groups (broad SMARTS) is 1. The van der Waals surface area contributed by atoms with Gasteiger partial charge in [0.05, 0.1) is 28.1 Å². The van der Waals surface area contributed by atoms with E-state index in [4.69, 9.17) is 28.3 Å².